The Kier molecular flexibility index (Phi) is 6.10. The van der Waals surface area contributed by atoms with Gasteiger partial charge in [-0.3, -0.25) is 0 Å². The molecule has 0 saturated heterocycles. The van der Waals surface area contributed by atoms with Crippen LogP contribution < -0.4 is 10.0 Å². The molecule has 0 aromatic heterocycles. The summed E-state index contributed by atoms with van der Waals surface area (Å²) in [5, 5.41) is 3.00. The van der Waals surface area contributed by atoms with Crippen LogP contribution in [0, 0.1) is 0 Å². The third-order valence-corrected chi connectivity index (χ3v) is 4.64. The van der Waals surface area contributed by atoms with Gasteiger partial charge in [-0.05, 0) is 58.5 Å². The molecule has 0 atom stereocenters. The Bertz CT molecular complexity index is 633. The minimum atomic E-state index is -3.82. The fraction of sp³-hybridized carbons (Fsp3) is 0.533. The number of methoxy groups -OCH3 is 1. The number of rotatable bonds is 6. The lowest BCUT2D eigenvalue weighted by Crippen LogP contribution is -2.41. The molecule has 1 aromatic carbocycles. The van der Waals surface area contributed by atoms with Crippen LogP contribution in [0.3, 0.4) is 0 Å². The van der Waals surface area contributed by atoms with Crippen LogP contribution in [-0.4, -0.2) is 40.6 Å². The number of ether oxygens (including phenoxy) is 1. The molecule has 0 aliphatic carbocycles. The van der Waals surface area contributed by atoms with Crippen LogP contribution in [0.25, 0.3) is 0 Å². The zero-order chi connectivity index (χ0) is 17.0. The Morgan fingerprint density at radius 2 is 1.91 bits per heavy atom. The van der Waals surface area contributed by atoms with Gasteiger partial charge in [-0.2, -0.15) is 0 Å². The van der Waals surface area contributed by atoms with E-state index in [1.54, 1.807) is 26.8 Å². The Labute approximate surface area is 132 Å². The molecule has 0 amide bonds. The molecule has 0 unspecified atom stereocenters. The molecule has 0 aliphatic heterocycles. The number of nitrogens with one attached hydrogen (secondary N) is 2. The highest BCUT2D eigenvalue weighted by Crippen LogP contribution is 2.21. The van der Waals surface area contributed by atoms with E-state index in [1.165, 1.54) is 19.2 Å². The maximum atomic E-state index is 12.6. The first-order valence-electron chi connectivity index (χ1n) is 7.00. The van der Waals surface area contributed by atoms with Gasteiger partial charge >= 0.3 is 5.97 Å². The first-order chi connectivity index (χ1) is 10.1. The van der Waals surface area contributed by atoms with Crippen molar-refractivity contribution in [1.29, 1.82) is 0 Å². The monoisotopic (exact) mass is 328 g/mol. The van der Waals surface area contributed by atoms with E-state index in [1.807, 2.05) is 7.05 Å². The summed E-state index contributed by atoms with van der Waals surface area (Å²) in [7, 11) is -0.774. The van der Waals surface area contributed by atoms with Crippen LogP contribution in [0.4, 0.5) is 0 Å². The maximum Gasteiger partial charge on any atom is 0.339 e. The molecule has 0 heterocycles. The first-order valence-corrected chi connectivity index (χ1v) is 8.49. The zero-order valence-electron chi connectivity index (χ0n) is 13.7. The normalized spacial score (nSPS) is 12.2. The summed E-state index contributed by atoms with van der Waals surface area (Å²) in [5.74, 6) is -0.672. The summed E-state index contributed by atoms with van der Waals surface area (Å²) in [6.45, 7) is 5.94. The van der Waals surface area contributed by atoms with E-state index in [4.69, 9.17) is 0 Å². The second kappa shape index (κ2) is 7.21. The van der Waals surface area contributed by atoms with Gasteiger partial charge in [0, 0.05) is 5.54 Å². The predicted octanol–water partition coefficient (Wildman–Crippen LogP) is 1.31. The minimum absolute atomic E-state index is 0.0347. The summed E-state index contributed by atoms with van der Waals surface area (Å²) >= 11 is 0. The van der Waals surface area contributed by atoms with Crippen molar-refractivity contribution in [2.75, 3.05) is 20.7 Å². The lowest BCUT2D eigenvalue weighted by Gasteiger charge is -2.21. The minimum Gasteiger partial charge on any atom is -0.465 e. The van der Waals surface area contributed by atoms with Crippen LogP contribution in [0.2, 0.25) is 0 Å². The van der Waals surface area contributed by atoms with Gasteiger partial charge in [0.25, 0.3) is 0 Å². The second-order valence-corrected chi connectivity index (χ2v) is 7.68. The summed E-state index contributed by atoms with van der Waals surface area (Å²) in [5.41, 5.74) is 0.219. The number of hydrogen-bond acceptors (Lipinski definition) is 5. The first kappa shape index (κ1) is 18.6. The number of sulfonamides is 1. The second-order valence-electron chi connectivity index (χ2n) is 6.03. The Morgan fingerprint density at radius 3 is 2.41 bits per heavy atom. The SMILES string of the molecule is CNCCc1ccc(C(=O)OC)c(S(=O)(=O)NC(C)(C)C)c1. The third-order valence-electron chi connectivity index (χ3n) is 2.85. The molecule has 0 fully saturated rings. The molecule has 2 N–H and O–H groups in total. The molecule has 6 nitrogen and oxygen atoms in total. The van der Waals surface area contributed by atoms with Gasteiger partial charge in [-0.25, -0.2) is 17.9 Å². The van der Waals surface area contributed by atoms with Crippen LogP contribution in [-0.2, 0) is 21.2 Å². The van der Waals surface area contributed by atoms with E-state index >= 15 is 0 Å². The topological polar surface area (TPSA) is 84.5 Å². The molecule has 1 aromatic rings. The van der Waals surface area contributed by atoms with Gasteiger partial charge in [0.15, 0.2) is 0 Å². The van der Waals surface area contributed by atoms with Crippen molar-refractivity contribution >= 4 is 16.0 Å². The van der Waals surface area contributed by atoms with E-state index < -0.39 is 21.5 Å². The number of hydrogen-bond donors (Lipinski definition) is 2. The van der Waals surface area contributed by atoms with E-state index in [2.05, 4.69) is 14.8 Å². The van der Waals surface area contributed by atoms with Gasteiger partial charge in [0.05, 0.1) is 17.6 Å². The molecule has 0 spiro atoms. The van der Waals surface area contributed by atoms with E-state index in [0.717, 1.165) is 5.56 Å². The molecule has 7 heteroatoms. The smallest absolute Gasteiger partial charge is 0.339 e. The summed E-state index contributed by atoms with van der Waals surface area (Å²) in [6.07, 6.45) is 0.663. The molecule has 0 bridgehead atoms. The van der Waals surface area contributed by atoms with Crippen molar-refractivity contribution < 1.29 is 17.9 Å². The predicted molar refractivity (Wildman–Crippen MR) is 85.5 cm³/mol. The molecular weight excluding hydrogens is 304 g/mol. The standard InChI is InChI=1S/C15H24N2O4S/c1-15(2,3)17-22(19,20)13-10-11(8-9-16-4)6-7-12(13)14(18)21-5/h6-7,10,16-17H,8-9H2,1-5H3. The fourth-order valence-corrected chi connectivity index (χ4v) is 3.61. The molecule has 124 valence electrons. The Balaban J connectivity index is 3.36. The maximum absolute atomic E-state index is 12.6. The van der Waals surface area contributed by atoms with Crippen LogP contribution >= 0.6 is 0 Å². The van der Waals surface area contributed by atoms with Gasteiger partial charge in [0.2, 0.25) is 10.0 Å². The highest BCUT2D eigenvalue weighted by molar-refractivity contribution is 7.89. The van der Waals surface area contributed by atoms with Crippen LogP contribution in [0.1, 0.15) is 36.7 Å². The Hall–Kier alpha value is -1.44. The van der Waals surface area contributed by atoms with Crippen molar-refractivity contribution in [2.45, 2.75) is 37.6 Å². The van der Waals surface area contributed by atoms with Gasteiger partial charge < -0.3 is 10.1 Å². The van der Waals surface area contributed by atoms with E-state index in [0.29, 0.717) is 13.0 Å². The molecule has 1 rings (SSSR count). The van der Waals surface area contributed by atoms with Crippen LogP contribution in [0.5, 0.6) is 0 Å². The van der Waals surface area contributed by atoms with Crippen LogP contribution in [0.15, 0.2) is 23.1 Å². The summed E-state index contributed by atoms with van der Waals surface area (Å²) < 4.78 is 32.4. The summed E-state index contributed by atoms with van der Waals surface area (Å²) in [6, 6.07) is 4.76. The average molecular weight is 328 g/mol. The van der Waals surface area contributed by atoms with Crippen molar-refractivity contribution in [1.82, 2.24) is 10.0 Å². The molecular formula is C15H24N2O4S. The molecule has 22 heavy (non-hydrogen) atoms. The van der Waals surface area contributed by atoms with E-state index in [-0.39, 0.29) is 10.5 Å². The number of esters is 1. The largest absolute Gasteiger partial charge is 0.465 e. The molecule has 0 saturated carbocycles. The number of benzene rings is 1. The molecule has 0 radical (unpaired) electrons. The zero-order valence-corrected chi connectivity index (χ0v) is 14.5. The van der Waals surface area contributed by atoms with Crippen molar-refractivity contribution in [3.8, 4) is 0 Å². The average Bonchev–Trinajstić information content (AvgIpc) is 2.41. The van der Waals surface area contributed by atoms with Gasteiger partial charge in [-0.15, -0.1) is 0 Å². The number of carbonyl (C=O) groups excluding carboxylic acids is 1. The van der Waals surface area contributed by atoms with Crippen molar-refractivity contribution in [3.63, 3.8) is 0 Å². The van der Waals surface area contributed by atoms with Gasteiger partial charge in [0.1, 0.15) is 0 Å². The van der Waals surface area contributed by atoms with Gasteiger partial charge in [-0.1, -0.05) is 6.07 Å². The lowest BCUT2D eigenvalue weighted by molar-refractivity contribution is 0.0596. The Morgan fingerprint density at radius 1 is 1.27 bits per heavy atom. The number of carbonyl (C=O) groups is 1. The summed E-state index contributed by atoms with van der Waals surface area (Å²) in [4.78, 5) is 11.8. The molecule has 0 aliphatic rings. The third kappa shape index (κ3) is 5.08. The van der Waals surface area contributed by atoms with Crippen molar-refractivity contribution in [2.24, 2.45) is 0 Å². The van der Waals surface area contributed by atoms with E-state index in [9.17, 15) is 13.2 Å². The van der Waals surface area contributed by atoms with Crippen molar-refractivity contribution in [3.05, 3.63) is 29.3 Å². The number of likely N-dealkylation sites (N-methyl/N-ethyl adjacent to an activating group) is 1. The fourth-order valence-electron chi connectivity index (χ4n) is 1.95. The highest BCUT2D eigenvalue weighted by Gasteiger charge is 2.27. The highest BCUT2D eigenvalue weighted by atomic mass is 32.2. The lowest BCUT2D eigenvalue weighted by atomic mass is 10.1. The quantitative estimate of drug-likeness (QED) is 0.769.